The molecule has 0 saturated carbocycles. The van der Waals surface area contributed by atoms with E-state index in [2.05, 4.69) is 11.8 Å². The van der Waals surface area contributed by atoms with E-state index in [1.54, 1.807) is 6.07 Å². The third-order valence-electron chi connectivity index (χ3n) is 2.80. The van der Waals surface area contributed by atoms with Crippen molar-refractivity contribution in [3.63, 3.8) is 0 Å². The summed E-state index contributed by atoms with van der Waals surface area (Å²) in [4.78, 5) is 0. The molecule has 0 aliphatic heterocycles. The molecule has 0 unspecified atom stereocenters. The van der Waals surface area contributed by atoms with Crippen LogP contribution < -0.4 is 4.74 Å². The van der Waals surface area contributed by atoms with Gasteiger partial charge in [-0.15, -0.1) is 0 Å². The molecule has 0 amide bonds. The van der Waals surface area contributed by atoms with Crippen molar-refractivity contribution in [1.82, 2.24) is 0 Å². The predicted molar refractivity (Wildman–Crippen MR) is 75.9 cm³/mol. The molecule has 0 fully saturated rings. The Kier molecular flexibility index (Phi) is 4.75. The van der Waals surface area contributed by atoms with Crippen LogP contribution in [0, 0.1) is 24.6 Å². The van der Waals surface area contributed by atoms with Crippen LogP contribution in [0.1, 0.15) is 16.7 Å². The lowest BCUT2D eigenvalue weighted by Crippen LogP contribution is -1.97. The van der Waals surface area contributed by atoms with Crippen molar-refractivity contribution in [1.29, 1.82) is 0 Å². The van der Waals surface area contributed by atoms with E-state index in [1.165, 1.54) is 12.1 Å². The zero-order valence-corrected chi connectivity index (χ0v) is 11.2. The lowest BCUT2D eigenvalue weighted by molar-refractivity contribution is 0.303. The highest BCUT2D eigenvalue weighted by Crippen LogP contribution is 2.19. The van der Waals surface area contributed by atoms with Gasteiger partial charge in [0.2, 0.25) is 0 Å². The van der Waals surface area contributed by atoms with E-state index in [4.69, 9.17) is 9.84 Å². The molecule has 0 atom stereocenters. The van der Waals surface area contributed by atoms with Crippen LogP contribution in [0.2, 0.25) is 0 Å². The van der Waals surface area contributed by atoms with E-state index in [9.17, 15) is 4.39 Å². The van der Waals surface area contributed by atoms with Gasteiger partial charge in [0.05, 0.1) is 0 Å². The summed E-state index contributed by atoms with van der Waals surface area (Å²) in [6.07, 6.45) is 0. The molecule has 2 aromatic rings. The van der Waals surface area contributed by atoms with E-state index in [0.717, 1.165) is 16.7 Å². The third kappa shape index (κ3) is 3.84. The SMILES string of the molecule is Cc1cc(F)ccc1OCc1ccc(C#CCO)cc1. The summed E-state index contributed by atoms with van der Waals surface area (Å²) in [5.41, 5.74) is 2.62. The van der Waals surface area contributed by atoms with Gasteiger partial charge in [-0.3, -0.25) is 0 Å². The molecule has 2 rings (SSSR count). The highest BCUT2D eigenvalue weighted by molar-refractivity contribution is 5.37. The molecule has 0 aromatic heterocycles. The summed E-state index contributed by atoms with van der Waals surface area (Å²) in [6.45, 7) is 2.08. The number of halogens is 1. The second-order valence-electron chi connectivity index (χ2n) is 4.36. The van der Waals surface area contributed by atoms with Crippen LogP contribution in [-0.2, 0) is 6.61 Å². The number of aryl methyl sites for hydroxylation is 1. The summed E-state index contributed by atoms with van der Waals surface area (Å²) in [6, 6.07) is 12.0. The number of aliphatic hydroxyl groups is 1. The fraction of sp³-hybridized carbons (Fsp3) is 0.176. The van der Waals surface area contributed by atoms with E-state index in [-0.39, 0.29) is 12.4 Å². The van der Waals surface area contributed by atoms with E-state index in [1.807, 2.05) is 31.2 Å². The molecule has 0 aliphatic rings. The van der Waals surface area contributed by atoms with E-state index in [0.29, 0.717) is 12.4 Å². The van der Waals surface area contributed by atoms with Gasteiger partial charge in [0.25, 0.3) is 0 Å². The van der Waals surface area contributed by atoms with Crippen molar-refractivity contribution < 1.29 is 14.2 Å². The summed E-state index contributed by atoms with van der Waals surface area (Å²) in [5.74, 6) is 5.84. The molecule has 0 saturated heterocycles. The smallest absolute Gasteiger partial charge is 0.123 e. The lowest BCUT2D eigenvalue weighted by atomic mass is 10.1. The first-order valence-electron chi connectivity index (χ1n) is 6.26. The second-order valence-corrected chi connectivity index (χ2v) is 4.36. The average molecular weight is 270 g/mol. The van der Waals surface area contributed by atoms with Crippen LogP contribution in [0.4, 0.5) is 4.39 Å². The fourth-order valence-electron chi connectivity index (χ4n) is 1.76. The van der Waals surface area contributed by atoms with Gasteiger partial charge >= 0.3 is 0 Å². The second kappa shape index (κ2) is 6.74. The summed E-state index contributed by atoms with van der Waals surface area (Å²) >= 11 is 0. The van der Waals surface area contributed by atoms with Crippen molar-refractivity contribution in [2.24, 2.45) is 0 Å². The molecule has 2 aromatic carbocycles. The molecule has 0 bridgehead atoms. The Balaban J connectivity index is 2.00. The Morgan fingerprint density at radius 3 is 2.55 bits per heavy atom. The Hall–Kier alpha value is -2.31. The van der Waals surface area contributed by atoms with Crippen molar-refractivity contribution in [2.45, 2.75) is 13.5 Å². The number of benzene rings is 2. The molecule has 0 heterocycles. The third-order valence-corrected chi connectivity index (χ3v) is 2.80. The highest BCUT2D eigenvalue weighted by Gasteiger charge is 2.01. The summed E-state index contributed by atoms with van der Waals surface area (Å²) in [7, 11) is 0. The minimum Gasteiger partial charge on any atom is -0.489 e. The van der Waals surface area contributed by atoms with Crippen LogP contribution in [0.5, 0.6) is 5.75 Å². The summed E-state index contributed by atoms with van der Waals surface area (Å²) in [5, 5.41) is 8.62. The Labute approximate surface area is 117 Å². The van der Waals surface area contributed by atoms with Gasteiger partial charge in [-0.1, -0.05) is 24.0 Å². The van der Waals surface area contributed by atoms with Gasteiger partial charge in [0.1, 0.15) is 24.8 Å². The molecule has 3 heteroatoms. The minimum atomic E-state index is -0.262. The monoisotopic (exact) mass is 270 g/mol. The molecule has 0 spiro atoms. The van der Waals surface area contributed by atoms with E-state index >= 15 is 0 Å². The molecule has 0 radical (unpaired) electrons. The molecule has 20 heavy (non-hydrogen) atoms. The Morgan fingerprint density at radius 2 is 1.90 bits per heavy atom. The normalized spacial score (nSPS) is 9.75. The maximum absolute atomic E-state index is 13.0. The van der Waals surface area contributed by atoms with Gasteiger partial charge in [0, 0.05) is 5.56 Å². The molecule has 0 aliphatic carbocycles. The standard InChI is InChI=1S/C17H15FO2/c1-13-11-16(18)8-9-17(13)20-12-15-6-4-14(5-7-15)3-2-10-19/h4-9,11,19H,10,12H2,1H3. The van der Waals surface area contributed by atoms with Gasteiger partial charge in [-0.05, 0) is 48.4 Å². The summed E-state index contributed by atoms with van der Waals surface area (Å²) < 4.78 is 18.6. The molecule has 2 nitrogen and oxygen atoms in total. The van der Waals surface area contributed by atoms with Gasteiger partial charge in [-0.2, -0.15) is 0 Å². The van der Waals surface area contributed by atoms with Crippen LogP contribution in [0.15, 0.2) is 42.5 Å². The van der Waals surface area contributed by atoms with Crippen molar-refractivity contribution in [3.05, 3.63) is 65.0 Å². The largest absolute Gasteiger partial charge is 0.489 e. The first-order chi connectivity index (χ1) is 9.69. The van der Waals surface area contributed by atoms with Gasteiger partial charge in [0.15, 0.2) is 0 Å². The van der Waals surface area contributed by atoms with Gasteiger partial charge in [-0.25, -0.2) is 4.39 Å². The fourth-order valence-corrected chi connectivity index (χ4v) is 1.76. The first kappa shape index (κ1) is 14.1. The zero-order valence-electron chi connectivity index (χ0n) is 11.2. The lowest BCUT2D eigenvalue weighted by Gasteiger charge is -2.09. The van der Waals surface area contributed by atoms with Crippen LogP contribution in [0.25, 0.3) is 0 Å². The van der Waals surface area contributed by atoms with Crippen molar-refractivity contribution in [2.75, 3.05) is 6.61 Å². The number of rotatable bonds is 3. The van der Waals surface area contributed by atoms with Gasteiger partial charge < -0.3 is 9.84 Å². The van der Waals surface area contributed by atoms with Crippen LogP contribution >= 0.6 is 0 Å². The molecular weight excluding hydrogens is 255 g/mol. The van der Waals surface area contributed by atoms with E-state index < -0.39 is 0 Å². The Morgan fingerprint density at radius 1 is 1.15 bits per heavy atom. The maximum atomic E-state index is 13.0. The maximum Gasteiger partial charge on any atom is 0.123 e. The predicted octanol–water partition coefficient (Wildman–Crippen LogP) is 3.06. The topological polar surface area (TPSA) is 29.5 Å². The highest BCUT2D eigenvalue weighted by atomic mass is 19.1. The zero-order chi connectivity index (χ0) is 14.4. The number of ether oxygens (including phenoxy) is 1. The quantitative estimate of drug-likeness (QED) is 0.869. The van der Waals surface area contributed by atoms with Crippen molar-refractivity contribution >= 4 is 0 Å². The number of aliphatic hydroxyl groups excluding tert-OH is 1. The Bertz CT molecular complexity index is 636. The molecule has 102 valence electrons. The van der Waals surface area contributed by atoms with Crippen LogP contribution in [-0.4, -0.2) is 11.7 Å². The number of hydrogen-bond acceptors (Lipinski definition) is 2. The minimum absolute atomic E-state index is 0.144. The first-order valence-corrected chi connectivity index (χ1v) is 6.26. The van der Waals surface area contributed by atoms with Crippen LogP contribution in [0.3, 0.4) is 0 Å². The molecular formula is C17H15FO2. The number of hydrogen-bond donors (Lipinski definition) is 1. The van der Waals surface area contributed by atoms with Crippen molar-refractivity contribution in [3.8, 4) is 17.6 Å². The molecule has 1 N–H and O–H groups in total. The average Bonchev–Trinajstić information content (AvgIpc) is 2.45.